The van der Waals surface area contributed by atoms with Crippen molar-refractivity contribution in [3.05, 3.63) is 76.8 Å². The third-order valence-electron chi connectivity index (χ3n) is 4.80. The number of hydrogen-bond acceptors (Lipinski definition) is 5. The van der Waals surface area contributed by atoms with E-state index in [0.29, 0.717) is 30.2 Å². The van der Waals surface area contributed by atoms with Gasteiger partial charge in [0.25, 0.3) is 5.91 Å². The summed E-state index contributed by atoms with van der Waals surface area (Å²) in [4.78, 5) is 18.7. The smallest absolute Gasteiger partial charge is 0.258 e. The summed E-state index contributed by atoms with van der Waals surface area (Å²) in [6.07, 6.45) is 0. The van der Waals surface area contributed by atoms with E-state index in [0.717, 1.165) is 0 Å². The Bertz CT molecular complexity index is 1080. The number of aliphatic imine (C=N–C) groups is 1. The van der Waals surface area contributed by atoms with Crippen LogP contribution in [-0.2, 0) is 6.54 Å². The minimum atomic E-state index is -0.334. The van der Waals surface area contributed by atoms with Gasteiger partial charge in [-0.15, -0.1) is 0 Å². The van der Waals surface area contributed by atoms with Crippen LogP contribution in [0.3, 0.4) is 0 Å². The van der Waals surface area contributed by atoms with Crippen molar-refractivity contribution in [2.45, 2.75) is 6.54 Å². The SMILES string of the molecule is CN(C)c1ccc(CNCCN=C(NN)NC(=O)c2cccc(Cl)c2)c2ccccc12. The van der Waals surface area contributed by atoms with Crippen LogP contribution in [0, 0.1) is 0 Å². The number of carbonyl (C=O) groups excluding carboxylic acids is 1. The van der Waals surface area contributed by atoms with Crippen LogP contribution in [0.1, 0.15) is 15.9 Å². The van der Waals surface area contributed by atoms with Gasteiger partial charge in [0.1, 0.15) is 0 Å². The standard InChI is InChI=1S/C23H27ClN6O/c1-30(2)21-11-10-17(19-8-3-4-9-20(19)21)15-26-12-13-27-23(29-25)28-22(31)16-6-5-7-18(24)14-16/h3-11,14,26H,12-13,15,25H2,1-2H3,(H2,27,28,29,31). The quantitative estimate of drug-likeness (QED) is 0.149. The van der Waals surface area contributed by atoms with Crippen molar-refractivity contribution in [3.8, 4) is 0 Å². The number of amides is 1. The molecule has 7 nitrogen and oxygen atoms in total. The van der Waals surface area contributed by atoms with E-state index in [2.05, 4.69) is 62.3 Å². The highest BCUT2D eigenvalue weighted by molar-refractivity contribution is 6.31. The molecule has 0 bridgehead atoms. The van der Waals surface area contributed by atoms with Gasteiger partial charge in [0.05, 0.1) is 6.54 Å². The number of benzene rings is 3. The fourth-order valence-corrected chi connectivity index (χ4v) is 3.48. The molecule has 0 aliphatic carbocycles. The fraction of sp³-hybridized carbons (Fsp3) is 0.217. The number of nitrogens with two attached hydrogens (primary N) is 1. The van der Waals surface area contributed by atoms with Crippen molar-refractivity contribution in [3.63, 3.8) is 0 Å². The number of nitrogens with one attached hydrogen (secondary N) is 3. The highest BCUT2D eigenvalue weighted by atomic mass is 35.5. The van der Waals surface area contributed by atoms with Crippen LogP contribution >= 0.6 is 11.6 Å². The first-order chi connectivity index (χ1) is 15.0. The molecule has 1 amide bonds. The lowest BCUT2D eigenvalue weighted by Crippen LogP contribution is -2.44. The molecule has 31 heavy (non-hydrogen) atoms. The Kier molecular flexibility index (Phi) is 7.83. The van der Waals surface area contributed by atoms with Crippen molar-refractivity contribution in [1.82, 2.24) is 16.1 Å². The Labute approximate surface area is 187 Å². The summed E-state index contributed by atoms with van der Waals surface area (Å²) in [5.41, 5.74) is 5.26. The lowest BCUT2D eigenvalue weighted by Gasteiger charge is -2.17. The Hall–Kier alpha value is -3.13. The number of rotatable bonds is 7. The van der Waals surface area contributed by atoms with Gasteiger partial charge in [-0.05, 0) is 35.2 Å². The molecule has 162 valence electrons. The molecule has 0 heterocycles. The maximum absolute atomic E-state index is 12.3. The van der Waals surface area contributed by atoms with Gasteiger partial charge in [-0.25, -0.2) is 5.84 Å². The first kappa shape index (κ1) is 22.6. The molecule has 0 saturated heterocycles. The molecule has 0 aliphatic rings. The van der Waals surface area contributed by atoms with Crippen LogP contribution in [0.4, 0.5) is 5.69 Å². The number of halogens is 1. The van der Waals surface area contributed by atoms with Crippen LogP contribution in [0.25, 0.3) is 10.8 Å². The molecule has 8 heteroatoms. The summed E-state index contributed by atoms with van der Waals surface area (Å²) in [7, 11) is 4.10. The topological polar surface area (TPSA) is 94.8 Å². The molecule has 0 saturated carbocycles. The average Bonchev–Trinajstić information content (AvgIpc) is 2.77. The summed E-state index contributed by atoms with van der Waals surface area (Å²) in [6.45, 7) is 1.79. The van der Waals surface area contributed by atoms with E-state index in [1.54, 1.807) is 24.3 Å². The van der Waals surface area contributed by atoms with Gasteiger partial charge in [-0.3, -0.25) is 20.5 Å². The molecule has 0 unspecified atom stereocenters. The molecule has 5 N–H and O–H groups in total. The monoisotopic (exact) mass is 438 g/mol. The maximum Gasteiger partial charge on any atom is 0.258 e. The maximum atomic E-state index is 12.3. The fourth-order valence-electron chi connectivity index (χ4n) is 3.29. The van der Waals surface area contributed by atoms with Gasteiger partial charge in [0.15, 0.2) is 0 Å². The van der Waals surface area contributed by atoms with Crippen molar-refractivity contribution in [2.24, 2.45) is 10.8 Å². The van der Waals surface area contributed by atoms with Gasteiger partial charge in [0.2, 0.25) is 5.96 Å². The Morgan fingerprint density at radius 2 is 1.84 bits per heavy atom. The molecule has 0 radical (unpaired) electrons. The van der Waals surface area contributed by atoms with Crippen LogP contribution in [0.15, 0.2) is 65.7 Å². The third-order valence-corrected chi connectivity index (χ3v) is 5.04. The molecule has 0 aliphatic heterocycles. The Morgan fingerprint density at radius 1 is 1.06 bits per heavy atom. The van der Waals surface area contributed by atoms with Gasteiger partial charge in [-0.2, -0.15) is 0 Å². The predicted octanol–water partition coefficient (Wildman–Crippen LogP) is 2.90. The minimum absolute atomic E-state index is 0.201. The van der Waals surface area contributed by atoms with E-state index in [1.807, 2.05) is 14.1 Å². The van der Waals surface area contributed by atoms with Gasteiger partial charge in [0, 0.05) is 48.8 Å². The highest BCUT2D eigenvalue weighted by Gasteiger charge is 2.09. The van der Waals surface area contributed by atoms with E-state index in [1.165, 1.54) is 22.0 Å². The number of guanidine groups is 1. The summed E-state index contributed by atoms with van der Waals surface area (Å²) in [5, 5.41) is 8.98. The van der Waals surface area contributed by atoms with Crippen molar-refractivity contribution >= 4 is 39.9 Å². The van der Waals surface area contributed by atoms with Gasteiger partial charge < -0.3 is 10.2 Å². The van der Waals surface area contributed by atoms with E-state index in [4.69, 9.17) is 17.4 Å². The van der Waals surface area contributed by atoms with E-state index in [9.17, 15) is 4.79 Å². The van der Waals surface area contributed by atoms with E-state index in [-0.39, 0.29) is 11.9 Å². The van der Waals surface area contributed by atoms with E-state index >= 15 is 0 Å². The molecule has 3 aromatic carbocycles. The summed E-state index contributed by atoms with van der Waals surface area (Å²) in [5.74, 6) is 5.36. The Morgan fingerprint density at radius 3 is 2.55 bits per heavy atom. The molecule has 3 rings (SSSR count). The van der Waals surface area contributed by atoms with Crippen molar-refractivity contribution in [1.29, 1.82) is 0 Å². The highest BCUT2D eigenvalue weighted by Crippen LogP contribution is 2.28. The van der Waals surface area contributed by atoms with Gasteiger partial charge in [-0.1, -0.05) is 48.0 Å². The average molecular weight is 439 g/mol. The number of hydrazine groups is 1. The number of carbonyl (C=O) groups is 1. The predicted molar refractivity (Wildman–Crippen MR) is 129 cm³/mol. The zero-order valence-electron chi connectivity index (χ0n) is 17.7. The number of nitrogens with zero attached hydrogens (tertiary/aromatic N) is 2. The molecule has 0 aromatic heterocycles. The second-order valence-corrected chi connectivity index (χ2v) is 7.64. The molecule has 0 atom stereocenters. The first-order valence-corrected chi connectivity index (χ1v) is 10.3. The molecule has 3 aromatic rings. The second kappa shape index (κ2) is 10.8. The molecule has 0 fully saturated rings. The Balaban J connectivity index is 1.56. The van der Waals surface area contributed by atoms with Crippen LogP contribution < -0.4 is 26.8 Å². The summed E-state index contributed by atoms with van der Waals surface area (Å²) < 4.78 is 0. The third kappa shape index (κ3) is 5.95. The molecular formula is C23H27ClN6O. The van der Waals surface area contributed by atoms with Crippen LogP contribution in [0.2, 0.25) is 5.02 Å². The molecule has 0 spiro atoms. The second-order valence-electron chi connectivity index (χ2n) is 7.20. The van der Waals surface area contributed by atoms with Crippen LogP contribution in [0.5, 0.6) is 0 Å². The zero-order chi connectivity index (χ0) is 22.2. The lowest BCUT2D eigenvalue weighted by molar-refractivity contribution is 0.0975. The summed E-state index contributed by atoms with van der Waals surface area (Å²) >= 11 is 5.93. The zero-order valence-corrected chi connectivity index (χ0v) is 18.4. The largest absolute Gasteiger partial charge is 0.377 e. The van der Waals surface area contributed by atoms with Crippen molar-refractivity contribution < 1.29 is 4.79 Å². The van der Waals surface area contributed by atoms with Gasteiger partial charge >= 0.3 is 0 Å². The number of anilines is 1. The molecular weight excluding hydrogens is 412 g/mol. The minimum Gasteiger partial charge on any atom is -0.377 e. The normalized spacial score (nSPS) is 11.4. The summed E-state index contributed by atoms with van der Waals surface area (Å²) in [6, 6.07) is 19.3. The lowest BCUT2D eigenvalue weighted by atomic mass is 10.0. The number of fused-ring (bicyclic) bond motifs is 1. The van der Waals surface area contributed by atoms with Crippen LogP contribution in [-0.4, -0.2) is 39.1 Å². The first-order valence-electron chi connectivity index (χ1n) is 9.96. The van der Waals surface area contributed by atoms with Crippen molar-refractivity contribution in [2.75, 3.05) is 32.1 Å². The van der Waals surface area contributed by atoms with E-state index < -0.39 is 0 Å². The number of hydrogen-bond donors (Lipinski definition) is 4.